The number of halogens is 1. The first kappa shape index (κ1) is 13.8. The zero-order valence-corrected chi connectivity index (χ0v) is 13.1. The topological polar surface area (TPSA) is 62.5 Å². The van der Waals surface area contributed by atoms with Crippen molar-refractivity contribution in [2.75, 3.05) is 11.9 Å². The number of nitrogens with zero attached hydrogens (tertiary/aromatic N) is 3. The summed E-state index contributed by atoms with van der Waals surface area (Å²) in [7, 11) is 0. The molecule has 1 fully saturated rings. The van der Waals surface area contributed by atoms with Gasteiger partial charge in [0, 0.05) is 12.7 Å². The van der Waals surface area contributed by atoms with Gasteiger partial charge >= 0.3 is 0 Å². The second-order valence-electron chi connectivity index (χ2n) is 5.84. The van der Waals surface area contributed by atoms with E-state index in [2.05, 4.69) is 38.3 Å². The van der Waals surface area contributed by atoms with Crippen LogP contribution in [-0.2, 0) is 0 Å². The minimum absolute atomic E-state index is 0.506. The number of fused-ring (bicyclic) bond motifs is 1. The number of anilines is 1. The third-order valence-electron chi connectivity index (χ3n) is 3.96. The van der Waals surface area contributed by atoms with Crippen molar-refractivity contribution in [1.82, 2.24) is 14.6 Å². The molecule has 3 rings (SSSR count). The van der Waals surface area contributed by atoms with Crippen molar-refractivity contribution in [2.45, 2.75) is 38.2 Å². The summed E-state index contributed by atoms with van der Waals surface area (Å²) in [6.07, 6.45) is 5.85. The molecule has 0 aliphatic heterocycles. The van der Waals surface area contributed by atoms with Crippen LogP contribution in [0.4, 0.5) is 5.95 Å². The molecule has 2 unspecified atom stereocenters. The van der Waals surface area contributed by atoms with Crippen molar-refractivity contribution in [2.24, 2.45) is 5.92 Å². The summed E-state index contributed by atoms with van der Waals surface area (Å²) in [6.45, 7) is 2.70. The van der Waals surface area contributed by atoms with Crippen LogP contribution in [0.5, 0.6) is 0 Å². The maximum atomic E-state index is 10.6. The van der Waals surface area contributed by atoms with Crippen molar-refractivity contribution in [3.05, 3.63) is 22.8 Å². The van der Waals surface area contributed by atoms with Crippen LogP contribution in [0.3, 0.4) is 0 Å². The fourth-order valence-electron chi connectivity index (χ4n) is 2.99. The van der Waals surface area contributed by atoms with Crippen LogP contribution in [0.2, 0.25) is 0 Å². The summed E-state index contributed by atoms with van der Waals surface area (Å²) in [5.41, 5.74) is 0.144. The number of hydrogen-bond acceptors (Lipinski definition) is 4. The van der Waals surface area contributed by atoms with Crippen molar-refractivity contribution in [1.29, 1.82) is 0 Å². The van der Waals surface area contributed by atoms with E-state index in [-0.39, 0.29) is 0 Å². The zero-order valence-electron chi connectivity index (χ0n) is 11.5. The molecule has 1 aliphatic rings. The molecular weight excluding hydrogens is 320 g/mol. The fraction of sp³-hybridized carbons (Fsp3) is 0.571. The third kappa shape index (κ3) is 2.81. The number of nitrogens with one attached hydrogen (secondary N) is 1. The third-order valence-corrected chi connectivity index (χ3v) is 4.58. The molecule has 2 aromatic heterocycles. The van der Waals surface area contributed by atoms with Gasteiger partial charge in [0.15, 0.2) is 5.65 Å². The molecule has 0 aromatic carbocycles. The van der Waals surface area contributed by atoms with Gasteiger partial charge in [-0.2, -0.15) is 4.98 Å². The van der Waals surface area contributed by atoms with Gasteiger partial charge in [0.2, 0.25) is 5.95 Å². The van der Waals surface area contributed by atoms with Gasteiger partial charge in [-0.1, -0.05) is 19.8 Å². The Kier molecular flexibility index (Phi) is 3.69. The molecule has 5 nitrogen and oxygen atoms in total. The van der Waals surface area contributed by atoms with E-state index in [1.54, 1.807) is 4.52 Å². The first-order valence-corrected chi connectivity index (χ1v) is 7.82. The summed E-state index contributed by atoms with van der Waals surface area (Å²) in [5.74, 6) is 1.14. The van der Waals surface area contributed by atoms with Gasteiger partial charge in [-0.15, -0.1) is 5.10 Å². The quantitative estimate of drug-likeness (QED) is 0.903. The number of pyridine rings is 1. The molecule has 0 radical (unpaired) electrons. The molecule has 2 atom stereocenters. The van der Waals surface area contributed by atoms with Gasteiger partial charge < -0.3 is 10.4 Å². The van der Waals surface area contributed by atoms with Gasteiger partial charge in [0.25, 0.3) is 0 Å². The molecule has 6 heteroatoms. The first-order valence-electron chi connectivity index (χ1n) is 7.03. The van der Waals surface area contributed by atoms with Crippen molar-refractivity contribution < 1.29 is 5.11 Å². The second-order valence-corrected chi connectivity index (χ2v) is 6.69. The Morgan fingerprint density at radius 2 is 2.45 bits per heavy atom. The Labute approximate surface area is 126 Å². The number of hydrogen-bond donors (Lipinski definition) is 2. The van der Waals surface area contributed by atoms with E-state index in [9.17, 15) is 5.11 Å². The maximum Gasteiger partial charge on any atom is 0.243 e. The van der Waals surface area contributed by atoms with E-state index in [0.29, 0.717) is 18.4 Å². The molecule has 1 aliphatic carbocycles. The van der Waals surface area contributed by atoms with E-state index >= 15 is 0 Å². The Balaban J connectivity index is 1.72. The first-order chi connectivity index (χ1) is 9.56. The zero-order chi connectivity index (χ0) is 14.2. The van der Waals surface area contributed by atoms with Crippen LogP contribution in [-0.4, -0.2) is 31.9 Å². The molecule has 20 heavy (non-hydrogen) atoms. The van der Waals surface area contributed by atoms with Crippen LogP contribution in [0.15, 0.2) is 22.8 Å². The highest BCUT2D eigenvalue weighted by atomic mass is 79.9. The highest BCUT2D eigenvalue weighted by Crippen LogP contribution is 2.32. The monoisotopic (exact) mass is 338 g/mol. The molecule has 1 saturated carbocycles. The van der Waals surface area contributed by atoms with Crippen LogP contribution in [0, 0.1) is 5.92 Å². The largest absolute Gasteiger partial charge is 0.388 e. The number of aromatic nitrogens is 3. The lowest BCUT2D eigenvalue weighted by atomic mass is 9.79. The lowest BCUT2D eigenvalue weighted by molar-refractivity contribution is -0.000891. The van der Waals surface area contributed by atoms with Gasteiger partial charge in [0.05, 0.1) is 10.1 Å². The summed E-state index contributed by atoms with van der Waals surface area (Å²) in [6, 6.07) is 3.84. The molecule has 2 heterocycles. The smallest absolute Gasteiger partial charge is 0.243 e. The van der Waals surface area contributed by atoms with Gasteiger partial charge in [-0.25, -0.2) is 4.52 Å². The molecule has 0 saturated heterocycles. The van der Waals surface area contributed by atoms with E-state index in [4.69, 9.17) is 0 Å². The standard InChI is InChI=1S/C14H19BrN4O/c1-10-4-2-6-14(20,8-10)9-16-13-17-12-11(15)5-3-7-19(12)18-13/h3,5,7,10,20H,2,4,6,8-9H2,1H3,(H,16,18). The summed E-state index contributed by atoms with van der Waals surface area (Å²) in [4.78, 5) is 4.43. The highest BCUT2D eigenvalue weighted by molar-refractivity contribution is 9.10. The minimum Gasteiger partial charge on any atom is -0.388 e. The van der Waals surface area contributed by atoms with Crippen molar-refractivity contribution in [3.63, 3.8) is 0 Å². The van der Waals surface area contributed by atoms with Crippen LogP contribution >= 0.6 is 15.9 Å². The Morgan fingerprint density at radius 1 is 1.60 bits per heavy atom. The predicted molar refractivity (Wildman–Crippen MR) is 81.8 cm³/mol. The average Bonchev–Trinajstić information content (AvgIpc) is 2.81. The molecule has 108 valence electrons. The SMILES string of the molecule is CC1CCCC(O)(CNc2nc3c(Br)cccn3n2)C1. The Hall–Kier alpha value is -1.14. The summed E-state index contributed by atoms with van der Waals surface area (Å²) in [5, 5.41) is 18.1. The van der Waals surface area contributed by atoms with E-state index in [0.717, 1.165) is 29.4 Å². The highest BCUT2D eigenvalue weighted by Gasteiger charge is 2.32. The van der Waals surface area contributed by atoms with Gasteiger partial charge in [0.1, 0.15) is 0 Å². The molecule has 2 aromatic rings. The molecular formula is C14H19BrN4O. The minimum atomic E-state index is -0.633. The molecule has 0 amide bonds. The number of aliphatic hydroxyl groups is 1. The average molecular weight is 339 g/mol. The fourth-order valence-corrected chi connectivity index (χ4v) is 3.41. The van der Waals surface area contributed by atoms with Crippen molar-refractivity contribution in [3.8, 4) is 0 Å². The van der Waals surface area contributed by atoms with E-state index < -0.39 is 5.60 Å². The van der Waals surface area contributed by atoms with Crippen LogP contribution in [0.1, 0.15) is 32.6 Å². The summed E-state index contributed by atoms with van der Waals surface area (Å²) < 4.78 is 2.63. The lowest BCUT2D eigenvalue weighted by Gasteiger charge is -2.35. The molecule has 0 spiro atoms. The predicted octanol–water partition coefficient (Wildman–Crippen LogP) is 2.84. The second kappa shape index (κ2) is 5.33. The number of rotatable bonds is 3. The van der Waals surface area contributed by atoms with Crippen LogP contribution in [0.25, 0.3) is 5.65 Å². The molecule has 0 bridgehead atoms. The normalized spacial score (nSPS) is 26.9. The van der Waals surface area contributed by atoms with Crippen molar-refractivity contribution >= 4 is 27.5 Å². The van der Waals surface area contributed by atoms with Gasteiger partial charge in [-0.3, -0.25) is 0 Å². The summed E-state index contributed by atoms with van der Waals surface area (Å²) >= 11 is 3.46. The lowest BCUT2D eigenvalue weighted by Crippen LogP contribution is -2.41. The molecule has 2 N–H and O–H groups in total. The Bertz CT molecular complexity index is 614. The van der Waals surface area contributed by atoms with Crippen LogP contribution < -0.4 is 5.32 Å². The Morgan fingerprint density at radius 3 is 3.20 bits per heavy atom. The maximum absolute atomic E-state index is 10.6. The van der Waals surface area contributed by atoms with E-state index in [1.165, 1.54) is 6.42 Å². The van der Waals surface area contributed by atoms with E-state index in [1.807, 2.05) is 18.3 Å². The van der Waals surface area contributed by atoms with Gasteiger partial charge in [-0.05, 0) is 46.8 Å².